The van der Waals surface area contributed by atoms with Crippen molar-refractivity contribution in [3.8, 4) is 17.2 Å². The van der Waals surface area contributed by atoms with Crippen molar-refractivity contribution >= 4 is 0 Å². The molecule has 0 spiro atoms. The fraction of sp³-hybridized carbons (Fsp3) is 0.400. The molecule has 0 saturated heterocycles. The third-order valence-corrected chi connectivity index (χ3v) is 6.70. The number of hydrogen-bond donors (Lipinski definition) is 0. The third kappa shape index (κ3) is 5.80. The zero-order valence-corrected chi connectivity index (χ0v) is 22.0. The summed E-state index contributed by atoms with van der Waals surface area (Å²) in [5.41, 5.74) is 2.92. The van der Waals surface area contributed by atoms with Crippen LogP contribution in [0.5, 0.6) is 17.2 Å². The summed E-state index contributed by atoms with van der Waals surface area (Å²) in [6.07, 6.45) is 0.829. The van der Waals surface area contributed by atoms with Crippen LogP contribution in [0, 0.1) is 17.5 Å². The summed E-state index contributed by atoms with van der Waals surface area (Å²) in [5.74, 6) is -0.495. The molecule has 3 aromatic carbocycles. The predicted octanol–water partition coefficient (Wildman–Crippen LogP) is 7.95. The van der Waals surface area contributed by atoms with Crippen molar-refractivity contribution in [2.24, 2.45) is 0 Å². The number of hydrogen-bond acceptors (Lipinski definition) is 3. The third-order valence-electron chi connectivity index (χ3n) is 6.70. The van der Waals surface area contributed by atoms with Crippen molar-refractivity contribution in [1.82, 2.24) is 0 Å². The summed E-state index contributed by atoms with van der Waals surface area (Å²) in [5, 5.41) is 0. The Morgan fingerprint density at radius 2 is 1.36 bits per heavy atom. The number of methoxy groups -OCH3 is 3. The molecule has 0 heterocycles. The maximum absolute atomic E-state index is 15.6. The summed E-state index contributed by atoms with van der Waals surface area (Å²) >= 11 is 0. The quantitative estimate of drug-likeness (QED) is 0.283. The van der Waals surface area contributed by atoms with Crippen LogP contribution in [-0.4, -0.2) is 21.3 Å². The van der Waals surface area contributed by atoms with Crippen LogP contribution in [0.3, 0.4) is 0 Å². The van der Waals surface area contributed by atoms with Gasteiger partial charge in [-0.15, -0.1) is 0 Å². The van der Waals surface area contributed by atoms with Crippen molar-refractivity contribution in [2.75, 3.05) is 21.3 Å². The maximum Gasteiger partial charge on any atom is 0.168 e. The van der Waals surface area contributed by atoms with Crippen LogP contribution < -0.4 is 14.2 Å². The first kappa shape index (κ1) is 27.4. The molecule has 0 N–H and O–H groups in total. The van der Waals surface area contributed by atoms with E-state index in [-0.39, 0.29) is 35.1 Å². The first-order chi connectivity index (χ1) is 17.1. The number of ether oxygens (including phenoxy) is 3. The highest BCUT2D eigenvalue weighted by molar-refractivity contribution is 5.44. The summed E-state index contributed by atoms with van der Waals surface area (Å²) in [4.78, 5) is 0. The average molecular weight is 501 g/mol. The predicted molar refractivity (Wildman–Crippen MR) is 137 cm³/mol. The minimum Gasteiger partial charge on any atom is -0.497 e. The van der Waals surface area contributed by atoms with Gasteiger partial charge in [0.1, 0.15) is 23.1 Å². The Kier molecular flexibility index (Phi) is 8.93. The summed E-state index contributed by atoms with van der Waals surface area (Å²) in [6, 6.07) is 11.6. The first-order valence-corrected chi connectivity index (χ1v) is 12.2. The van der Waals surface area contributed by atoms with E-state index in [0.717, 1.165) is 5.56 Å². The lowest BCUT2D eigenvalue weighted by Gasteiger charge is -2.20. The second-order valence-electron chi connectivity index (χ2n) is 9.61. The molecule has 0 aromatic heterocycles. The highest BCUT2D eigenvalue weighted by atomic mass is 19.1. The van der Waals surface area contributed by atoms with Gasteiger partial charge in [-0.3, -0.25) is 0 Å². The maximum atomic E-state index is 15.6. The molecule has 3 nitrogen and oxygen atoms in total. The van der Waals surface area contributed by atoms with E-state index in [1.54, 1.807) is 18.2 Å². The van der Waals surface area contributed by atoms with E-state index < -0.39 is 5.82 Å². The molecule has 2 atom stereocenters. The number of rotatable bonds is 10. The van der Waals surface area contributed by atoms with E-state index in [0.29, 0.717) is 46.6 Å². The molecule has 194 valence electrons. The van der Waals surface area contributed by atoms with E-state index in [1.807, 2.05) is 39.8 Å². The van der Waals surface area contributed by atoms with Crippen LogP contribution in [0.15, 0.2) is 42.5 Å². The van der Waals surface area contributed by atoms with Gasteiger partial charge in [0.25, 0.3) is 0 Å². The van der Waals surface area contributed by atoms with Crippen LogP contribution in [0.1, 0.15) is 73.3 Å². The molecule has 0 amide bonds. The Bertz CT molecular complexity index is 1210. The van der Waals surface area contributed by atoms with E-state index in [2.05, 4.69) is 0 Å². The zero-order chi connectivity index (χ0) is 26.6. The topological polar surface area (TPSA) is 27.7 Å². The van der Waals surface area contributed by atoms with Crippen molar-refractivity contribution < 1.29 is 27.4 Å². The number of halogens is 3. The van der Waals surface area contributed by atoms with E-state index in [9.17, 15) is 8.78 Å². The Hall–Kier alpha value is -3.15. The van der Waals surface area contributed by atoms with Crippen LogP contribution in [0.25, 0.3) is 0 Å². The number of benzene rings is 3. The zero-order valence-electron chi connectivity index (χ0n) is 22.0. The standard InChI is InChI=1S/C30H35F3O3/c1-17(2)28-26(32)14-20(15-27(28)35-6)12-18(3)24-10-8-21(30(36-7)29(24)33)13-19(4)23-11-9-22(34-5)16-25(23)31/h8-11,14-19H,12-13H2,1-7H3. The largest absolute Gasteiger partial charge is 0.497 e. The molecule has 2 unspecified atom stereocenters. The van der Waals surface area contributed by atoms with Crippen LogP contribution in [-0.2, 0) is 12.8 Å². The van der Waals surface area contributed by atoms with Gasteiger partial charge in [0.15, 0.2) is 11.6 Å². The first-order valence-electron chi connectivity index (χ1n) is 12.2. The van der Waals surface area contributed by atoms with Gasteiger partial charge in [0, 0.05) is 11.6 Å². The Morgan fingerprint density at radius 1 is 0.694 bits per heavy atom. The molecule has 0 bridgehead atoms. The fourth-order valence-electron chi connectivity index (χ4n) is 4.80. The monoisotopic (exact) mass is 500 g/mol. The second-order valence-corrected chi connectivity index (χ2v) is 9.61. The molecular formula is C30H35F3O3. The molecule has 3 aromatic rings. The fourth-order valence-corrected chi connectivity index (χ4v) is 4.80. The lowest BCUT2D eigenvalue weighted by Crippen LogP contribution is -2.08. The molecule has 36 heavy (non-hydrogen) atoms. The van der Waals surface area contributed by atoms with Gasteiger partial charge in [0.05, 0.1) is 21.3 Å². The second kappa shape index (κ2) is 11.7. The van der Waals surface area contributed by atoms with Crippen LogP contribution in [0.4, 0.5) is 13.2 Å². The minimum atomic E-state index is -0.448. The van der Waals surface area contributed by atoms with Gasteiger partial charge in [-0.25, -0.2) is 13.2 Å². The molecule has 0 fully saturated rings. The van der Waals surface area contributed by atoms with E-state index >= 15 is 4.39 Å². The molecule has 0 saturated carbocycles. The minimum absolute atomic E-state index is 0.0190. The molecule has 0 aliphatic carbocycles. The average Bonchev–Trinajstić information content (AvgIpc) is 2.83. The van der Waals surface area contributed by atoms with E-state index in [1.165, 1.54) is 33.5 Å². The lowest BCUT2D eigenvalue weighted by atomic mass is 9.88. The lowest BCUT2D eigenvalue weighted by molar-refractivity contribution is 0.376. The highest BCUT2D eigenvalue weighted by Crippen LogP contribution is 2.36. The van der Waals surface area contributed by atoms with Gasteiger partial charge < -0.3 is 14.2 Å². The highest BCUT2D eigenvalue weighted by Gasteiger charge is 2.22. The Labute approximate surface area is 212 Å². The smallest absolute Gasteiger partial charge is 0.168 e. The normalized spacial score (nSPS) is 13.0. The van der Waals surface area contributed by atoms with Crippen molar-refractivity contribution in [3.05, 3.63) is 87.7 Å². The molecule has 0 aliphatic heterocycles. The van der Waals surface area contributed by atoms with Gasteiger partial charge >= 0.3 is 0 Å². The Balaban J connectivity index is 1.86. The summed E-state index contributed by atoms with van der Waals surface area (Å²) in [6.45, 7) is 7.61. The SMILES string of the molecule is COc1ccc(C(C)Cc2ccc(C(C)Cc3cc(F)c(C(C)C)c(OC)c3)c(F)c2OC)c(F)c1. The molecule has 3 rings (SSSR count). The molecular weight excluding hydrogens is 465 g/mol. The Morgan fingerprint density at radius 3 is 1.94 bits per heavy atom. The molecule has 0 radical (unpaired) electrons. The van der Waals surface area contributed by atoms with Crippen molar-refractivity contribution in [3.63, 3.8) is 0 Å². The van der Waals surface area contributed by atoms with E-state index in [4.69, 9.17) is 14.2 Å². The van der Waals surface area contributed by atoms with Gasteiger partial charge in [-0.2, -0.15) is 0 Å². The molecule has 0 aliphatic rings. The summed E-state index contributed by atoms with van der Waals surface area (Å²) < 4.78 is 60.9. The van der Waals surface area contributed by atoms with Crippen LogP contribution in [0.2, 0.25) is 0 Å². The van der Waals surface area contributed by atoms with Gasteiger partial charge in [-0.1, -0.05) is 45.9 Å². The molecule has 6 heteroatoms. The van der Waals surface area contributed by atoms with Crippen molar-refractivity contribution in [2.45, 2.75) is 58.3 Å². The summed E-state index contributed by atoms with van der Waals surface area (Å²) in [7, 11) is 4.44. The van der Waals surface area contributed by atoms with Crippen LogP contribution >= 0.6 is 0 Å². The van der Waals surface area contributed by atoms with Crippen molar-refractivity contribution in [1.29, 1.82) is 0 Å². The van der Waals surface area contributed by atoms with Gasteiger partial charge in [-0.05, 0) is 71.0 Å². The van der Waals surface area contributed by atoms with Gasteiger partial charge in [0.2, 0.25) is 0 Å².